The number of aromatic nitrogens is 2. The molecule has 2 aromatic rings. The number of rotatable bonds is 6. The van der Waals surface area contributed by atoms with Crippen molar-refractivity contribution < 1.29 is 0 Å². The van der Waals surface area contributed by atoms with Crippen molar-refractivity contribution in [3.8, 4) is 0 Å². The average Bonchev–Trinajstić information content (AvgIpc) is 2.48. The van der Waals surface area contributed by atoms with Gasteiger partial charge in [0.05, 0.1) is 11.7 Å². The van der Waals surface area contributed by atoms with Gasteiger partial charge in [-0.25, -0.2) is 0 Å². The van der Waals surface area contributed by atoms with E-state index in [9.17, 15) is 0 Å². The molecule has 19 heavy (non-hydrogen) atoms. The predicted octanol–water partition coefficient (Wildman–Crippen LogP) is 1.65. The molecular formula is C15H20N4. The Morgan fingerprint density at radius 2 is 1.95 bits per heavy atom. The van der Waals surface area contributed by atoms with Gasteiger partial charge < -0.3 is 5.73 Å². The molecular weight excluding hydrogens is 236 g/mol. The third kappa shape index (κ3) is 3.84. The second-order valence-corrected chi connectivity index (χ2v) is 4.59. The van der Waals surface area contributed by atoms with Gasteiger partial charge in [0, 0.05) is 31.7 Å². The van der Waals surface area contributed by atoms with Gasteiger partial charge in [-0.3, -0.25) is 14.9 Å². The van der Waals surface area contributed by atoms with Gasteiger partial charge in [0.15, 0.2) is 0 Å². The molecule has 4 nitrogen and oxygen atoms in total. The van der Waals surface area contributed by atoms with Gasteiger partial charge in [0.25, 0.3) is 0 Å². The second kappa shape index (κ2) is 6.97. The van der Waals surface area contributed by atoms with Crippen LogP contribution in [0.3, 0.4) is 0 Å². The Hall–Kier alpha value is -1.78. The zero-order chi connectivity index (χ0) is 13.5. The summed E-state index contributed by atoms with van der Waals surface area (Å²) in [6.07, 6.45) is 6.46. The minimum atomic E-state index is 0.169. The van der Waals surface area contributed by atoms with Crippen LogP contribution in [0, 0.1) is 0 Å². The highest BCUT2D eigenvalue weighted by atomic mass is 15.1. The number of nitrogens with two attached hydrogens (primary N) is 1. The van der Waals surface area contributed by atoms with Crippen LogP contribution in [0.5, 0.6) is 0 Å². The summed E-state index contributed by atoms with van der Waals surface area (Å²) >= 11 is 0. The van der Waals surface area contributed by atoms with E-state index in [1.165, 1.54) is 5.56 Å². The van der Waals surface area contributed by atoms with Crippen molar-refractivity contribution in [2.45, 2.75) is 12.5 Å². The SMILES string of the molecule is CN(CCc1ccncc1)C(CN)c1ccccn1. The highest BCUT2D eigenvalue weighted by molar-refractivity contribution is 5.12. The summed E-state index contributed by atoms with van der Waals surface area (Å²) in [5.41, 5.74) is 8.20. The maximum atomic E-state index is 5.88. The smallest absolute Gasteiger partial charge is 0.0642 e. The molecule has 0 spiro atoms. The summed E-state index contributed by atoms with van der Waals surface area (Å²) in [5, 5.41) is 0. The van der Waals surface area contributed by atoms with Crippen molar-refractivity contribution >= 4 is 0 Å². The normalized spacial score (nSPS) is 12.6. The first-order valence-electron chi connectivity index (χ1n) is 6.51. The number of pyridine rings is 2. The summed E-state index contributed by atoms with van der Waals surface area (Å²) in [5.74, 6) is 0. The minimum absolute atomic E-state index is 0.169. The molecule has 2 heterocycles. The van der Waals surface area contributed by atoms with Crippen molar-refractivity contribution in [1.82, 2.24) is 14.9 Å². The standard InChI is InChI=1S/C15H20N4/c1-19(11-7-13-5-9-17-10-6-13)15(12-16)14-4-2-3-8-18-14/h2-6,8-10,15H,7,11-12,16H2,1H3. The lowest BCUT2D eigenvalue weighted by atomic mass is 10.1. The zero-order valence-corrected chi connectivity index (χ0v) is 11.2. The molecule has 0 aliphatic rings. The first-order valence-corrected chi connectivity index (χ1v) is 6.51. The highest BCUT2D eigenvalue weighted by Gasteiger charge is 2.15. The van der Waals surface area contributed by atoms with Crippen LogP contribution >= 0.6 is 0 Å². The van der Waals surface area contributed by atoms with Crippen LogP contribution in [-0.2, 0) is 6.42 Å². The van der Waals surface area contributed by atoms with E-state index >= 15 is 0 Å². The van der Waals surface area contributed by atoms with Crippen LogP contribution in [-0.4, -0.2) is 35.0 Å². The van der Waals surface area contributed by atoms with Crippen LogP contribution < -0.4 is 5.73 Å². The second-order valence-electron chi connectivity index (χ2n) is 4.59. The van der Waals surface area contributed by atoms with E-state index in [4.69, 9.17) is 5.73 Å². The van der Waals surface area contributed by atoms with E-state index in [2.05, 4.69) is 21.9 Å². The van der Waals surface area contributed by atoms with Crippen LogP contribution in [0.1, 0.15) is 17.3 Å². The lowest BCUT2D eigenvalue weighted by molar-refractivity contribution is 0.248. The largest absolute Gasteiger partial charge is 0.329 e. The molecule has 0 saturated heterocycles. The van der Waals surface area contributed by atoms with Gasteiger partial charge in [-0.1, -0.05) is 6.07 Å². The van der Waals surface area contributed by atoms with Gasteiger partial charge in [-0.05, 0) is 43.3 Å². The van der Waals surface area contributed by atoms with E-state index in [-0.39, 0.29) is 6.04 Å². The third-order valence-corrected chi connectivity index (χ3v) is 3.29. The molecule has 0 aliphatic carbocycles. The van der Waals surface area contributed by atoms with Crippen LogP contribution in [0.25, 0.3) is 0 Å². The minimum Gasteiger partial charge on any atom is -0.329 e. The Morgan fingerprint density at radius 3 is 2.58 bits per heavy atom. The van der Waals surface area contributed by atoms with E-state index < -0.39 is 0 Å². The Kier molecular flexibility index (Phi) is 5.01. The molecule has 0 amide bonds. The Bertz CT molecular complexity index is 472. The van der Waals surface area contributed by atoms with Crippen LogP contribution in [0.4, 0.5) is 0 Å². The fourth-order valence-electron chi connectivity index (χ4n) is 2.11. The predicted molar refractivity (Wildman–Crippen MR) is 76.6 cm³/mol. The van der Waals surface area contributed by atoms with Gasteiger partial charge in [-0.15, -0.1) is 0 Å². The topological polar surface area (TPSA) is 55.0 Å². The summed E-state index contributed by atoms with van der Waals surface area (Å²) < 4.78 is 0. The van der Waals surface area contributed by atoms with E-state index in [0.717, 1.165) is 18.7 Å². The molecule has 0 radical (unpaired) electrons. The van der Waals surface area contributed by atoms with Crippen LogP contribution in [0.15, 0.2) is 48.9 Å². The monoisotopic (exact) mass is 256 g/mol. The van der Waals surface area contributed by atoms with Crippen molar-refractivity contribution in [2.75, 3.05) is 20.1 Å². The quantitative estimate of drug-likeness (QED) is 0.854. The lowest BCUT2D eigenvalue weighted by Crippen LogP contribution is -2.32. The third-order valence-electron chi connectivity index (χ3n) is 3.29. The molecule has 2 rings (SSSR count). The molecule has 0 aromatic carbocycles. The van der Waals surface area contributed by atoms with Gasteiger partial charge in [0.2, 0.25) is 0 Å². The van der Waals surface area contributed by atoms with Crippen molar-refractivity contribution in [3.63, 3.8) is 0 Å². The zero-order valence-electron chi connectivity index (χ0n) is 11.2. The van der Waals surface area contributed by atoms with E-state index in [1.807, 2.05) is 48.9 Å². The molecule has 0 saturated carbocycles. The molecule has 100 valence electrons. The summed E-state index contributed by atoms with van der Waals surface area (Å²) in [6.45, 7) is 1.52. The van der Waals surface area contributed by atoms with Gasteiger partial charge in [0.1, 0.15) is 0 Å². The molecule has 1 atom stereocenters. The van der Waals surface area contributed by atoms with E-state index in [1.54, 1.807) is 0 Å². The number of nitrogens with zero attached hydrogens (tertiary/aromatic N) is 3. The molecule has 4 heteroatoms. The summed E-state index contributed by atoms with van der Waals surface area (Å²) in [7, 11) is 2.09. The molecule has 0 aliphatic heterocycles. The van der Waals surface area contributed by atoms with Crippen molar-refractivity contribution in [1.29, 1.82) is 0 Å². The summed E-state index contributed by atoms with van der Waals surface area (Å²) in [6, 6.07) is 10.2. The maximum Gasteiger partial charge on any atom is 0.0642 e. The Labute approximate surface area is 114 Å². The van der Waals surface area contributed by atoms with Crippen molar-refractivity contribution in [3.05, 3.63) is 60.2 Å². The first-order chi connectivity index (χ1) is 9.31. The molecule has 2 N–H and O–H groups in total. The Balaban J connectivity index is 1.96. The lowest BCUT2D eigenvalue weighted by Gasteiger charge is -2.26. The fraction of sp³-hybridized carbons (Fsp3) is 0.333. The Morgan fingerprint density at radius 1 is 1.16 bits per heavy atom. The highest BCUT2D eigenvalue weighted by Crippen LogP contribution is 2.15. The maximum absolute atomic E-state index is 5.88. The average molecular weight is 256 g/mol. The van der Waals surface area contributed by atoms with Crippen LogP contribution in [0.2, 0.25) is 0 Å². The molecule has 0 fully saturated rings. The number of hydrogen-bond donors (Lipinski definition) is 1. The van der Waals surface area contributed by atoms with Gasteiger partial charge >= 0.3 is 0 Å². The molecule has 0 bridgehead atoms. The molecule has 2 aromatic heterocycles. The van der Waals surface area contributed by atoms with Crippen molar-refractivity contribution in [2.24, 2.45) is 5.73 Å². The number of hydrogen-bond acceptors (Lipinski definition) is 4. The van der Waals surface area contributed by atoms with E-state index in [0.29, 0.717) is 6.54 Å². The molecule has 1 unspecified atom stereocenters. The first kappa shape index (κ1) is 13.6. The summed E-state index contributed by atoms with van der Waals surface area (Å²) in [4.78, 5) is 10.7. The number of likely N-dealkylation sites (N-methyl/N-ethyl adjacent to an activating group) is 1. The fourth-order valence-corrected chi connectivity index (χ4v) is 2.11. The van der Waals surface area contributed by atoms with Gasteiger partial charge in [-0.2, -0.15) is 0 Å².